The predicted molar refractivity (Wildman–Crippen MR) is 157 cm³/mol. The zero-order valence-electron chi connectivity index (χ0n) is 22.0. The van der Waals surface area contributed by atoms with Crippen LogP contribution in [0.4, 0.5) is 5.69 Å². The molecule has 1 unspecified atom stereocenters. The smallest absolute Gasteiger partial charge is 0.281 e. The molecule has 2 aliphatic rings. The van der Waals surface area contributed by atoms with Crippen molar-refractivity contribution in [2.24, 2.45) is 4.99 Å². The standard InChI is InChI=1S/C26H33N5O5S3/c1-30(39(33,34)24-6-3-4-7-27-24)23-16-20(36-11-5-10-35-2)14-19-15-22(29-25(19)23)26-28-17-21(37-26)18-31-8-12-38(32)13-9-31/h3-4,6-7,14-16,21,29H,5,8-13,17-18H2,1-2H3. The second-order valence-corrected chi connectivity index (χ2v) is 14.4. The minimum absolute atomic E-state index is 0.0287. The molecule has 0 radical (unpaired) electrons. The molecule has 0 aliphatic carbocycles. The summed E-state index contributed by atoms with van der Waals surface area (Å²) in [6.07, 6.45) is 2.18. The van der Waals surface area contributed by atoms with E-state index in [1.807, 2.05) is 12.1 Å². The van der Waals surface area contributed by atoms with Gasteiger partial charge in [0.25, 0.3) is 10.0 Å². The molecule has 2 aliphatic heterocycles. The molecule has 1 fully saturated rings. The van der Waals surface area contributed by atoms with E-state index in [9.17, 15) is 12.6 Å². The molecule has 0 amide bonds. The number of methoxy groups -OCH3 is 1. The number of benzene rings is 1. The summed E-state index contributed by atoms with van der Waals surface area (Å²) in [6, 6.07) is 10.5. The summed E-state index contributed by atoms with van der Waals surface area (Å²) in [5.41, 5.74) is 1.99. The maximum absolute atomic E-state index is 13.4. The molecule has 2 aromatic heterocycles. The van der Waals surface area contributed by atoms with E-state index in [0.29, 0.717) is 48.4 Å². The fraction of sp³-hybridized carbons (Fsp3) is 0.462. The summed E-state index contributed by atoms with van der Waals surface area (Å²) in [5.74, 6) is 2.05. The number of nitrogens with zero attached hydrogens (tertiary/aromatic N) is 4. The highest BCUT2D eigenvalue weighted by atomic mass is 32.2. The highest BCUT2D eigenvalue weighted by molar-refractivity contribution is 8.15. The largest absolute Gasteiger partial charge is 0.493 e. The van der Waals surface area contributed by atoms with Crippen LogP contribution in [0.5, 0.6) is 5.75 Å². The van der Waals surface area contributed by atoms with Gasteiger partial charge in [-0.3, -0.25) is 13.5 Å². The van der Waals surface area contributed by atoms with Crippen molar-refractivity contribution in [3.63, 3.8) is 0 Å². The zero-order chi connectivity index (χ0) is 27.4. The van der Waals surface area contributed by atoms with Gasteiger partial charge >= 0.3 is 0 Å². The third-order valence-corrected chi connectivity index (χ3v) is 10.9. The monoisotopic (exact) mass is 591 g/mol. The Hall–Kier alpha value is -2.45. The third-order valence-electron chi connectivity index (χ3n) is 6.72. The molecule has 39 heavy (non-hydrogen) atoms. The number of aromatic amines is 1. The first-order valence-electron chi connectivity index (χ1n) is 12.8. The van der Waals surface area contributed by atoms with Crippen LogP contribution in [0, 0.1) is 0 Å². The van der Waals surface area contributed by atoms with Crippen LogP contribution in [0.25, 0.3) is 10.9 Å². The molecule has 0 bridgehead atoms. The fourth-order valence-electron chi connectivity index (χ4n) is 4.61. The number of hydrogen-bond acceptors (Lipinski definition) is 9. The number of fused-ring (bicyclic) bond motifs is 1. The molecule has 1 aromatic carbocycles. The number of rotatable bonds is 11. The molecule has 1 saturated heterocycles. The van der Waals surface area contributed by atoms with Crippen molar-refractivity contribution in [1.29, 1.82) is 0 Å². The minimum atomic E-state index is -3.90. The van der Waals surface area contributed by atoms with Crippen LogP contribution in [-0.2, 0) is 25.6 Å². The van der Waals surface area contributed by atoms with E-state index in [2.05, 4.69) is 14.9 Å². The molecule has 210 valence electrons. The topological polar surface area (TPSA) is 117 Å². The number of aliphatic imine (C=N–C) groups is 1. The summed E-state index contributed by atoms with van der Waals surface area (Å²) in [7, 11) is -1.42. The minimum Gasteiger partial charge on any atom is -0.493 e. The Morgan fingerprint density at radius 3 is 2.77 bits per heavy atom. The van der Waals surface area contributed by atoms with E-state index in [-0.39, 0.29) is 5.03 Å². The third kappa shape index (κ3) is 6.49. The Bertz CT molecular complexity index is 1450. The van der Waals surface area contributed by atoms with E-state index < -0.39 is 20.8 Å². The number of nitrogens with one attached hydrogen (secondary N) is 1. The number of sulfonamides is 1. The van der Waals surface area contributed by atoms with Crippen LogP contribution in [0.2, 0.25) is 0 Å². The molecule has 0 spiro atoms. The van der Waals surface area contributed by atoms with Gasteiger partial charge in [-0.15, -0.1) is 0 Å². The number of thioether (sulfide) groups is 1. The first kappa shape index (κ1) is 28.1. The van der Waals surface area contributed by atoms with Crippen LogP contribution in [0.15, 0.2) is 52.6 Å². The van der Waals surface area contributed by atoms with Crippen LogP contribution in [0.3, 0.4) is 0 Å². The molecular formula is C26H33N5O5S3. The number of ether oxygens (including phenoxy) is 2. The van der Waals surface area contributed by atoms with Gasteiger partial charge in [-0.25, -0.2) is 4.98 Å². The summed E-state index contributed by atoms with van der Waals surface area (Å²) in [4.78, 5) is 14.7. The SMILES string of the molecule is COCCCOc1cc(N(C)S(=O)(=O)c2ccccn2)c2[nH]c(C3=NCC(CN4CCS(=O)CC4)S3)cc2c1. The van der Waals surface area contributed by atoms with Gasteiger partial charge in [0.2, 0.25) is 0 Å². The van der Waals surface area contributed by atoms with Gasteiger partial charge in [-0.1, -0.05) is 17.8 Å². The first-order valence-corrected chi connectivity index (χ1v) is 16.6. The molecule has 1 atom stereocenters. The Labute approximate surface area is 235 Å². The molecule has 3 aromatic rings. The Kier molecular flexibility index (Phi) is 8.92. The van der Waals surface area contributed by atoms with E-state index in [0.717, 1.165) is 47.3 Å². The Morgan fingerprint density at radius 1 is 1.21 bits per heavy atom. The van der Waals surface area contributed by atoms with Gasteiger partial charge in [0.1, 0.15) is 10.8 Å². The normalized spacial score (nSPS) is 18.9. The van der Waals surface area contributed by atoms with Gasteiger partial charge < -0.3 is 19.4 Å². The fourth-order valence-corrected chi connectivity index (χ4v) is 8.01. The maximum atomic E-state index is 13.4. The summed E-state index contributed by atoms with van der Waals surface area (Å²) in [5, 5.41) is 2.03. The lowest BCUT2D eigenvalue weighted by Crippen LogP contribution is -2.41. The van der Waals surface area contributed by atoms with Gasteiger partial charge in [-0.05, 0) is 24.3 Å². The van der Waals surface area contributed by atoms with Crippen LogP contribution >= 0.6 is 11.8 Å². The van der Waals surface area contributed by atoms with Crippen LogP contribution < -0.4 is 9.04 Å². The van der Waals surface area contributed by atoms with Crippen molar-refractivity contribution < 1.29 is 22.1 Å². The second-order valence-electron chi connectivity index (χ2n) is 9.46. The number of anilines is 1. The van der Waals surface area contributed by atoms with Crippen molar-refractivity contribution in [3.05, 3.63) is 48.3 Å². The zero-order valence-corrected chi connectivity index (χ0v) is 24.5. The molecule has 1 N–H and O–H groups in total. The molecule has 0 saturated carbocycles. The van der Waals surface area contributed by atoms with Crippen molar-refractivity contribution >= 4 is 54.2 Å². The van der Waals surface area contributed by atoms with Crippen molar-refractivity contribution in [1.82, 2.24) is 14.9 Å². The Balaban J connectivity index is 1.41. The lowest BCUT2D eigenvalue weighted by atomic mass is 10.2. The first-order chi connectivity index (χ1) is 18.8. The van der Waals surface area contributed by atoms with E-state index in [1.54, 1.807) is 37.1 Å². The number of hydrogen-bond donors (Lipinski definition) is 1. The van der Waals surface area contributed by atoms with Gasteiger partial charge in [-0.2, -0.15) is 8.42 Å². The van der Waals surface area contributed by atoms with E-state index in [4.69, 9.17) is 14.5 Å². The average Bonchev–Trinajstić information content (AvgIpc) is 3.59. The molecular weight excluding hydrogens is 559 g/mol. The highest BCUT2D eigenvalue weighted by Gasteiger charge is 2.28. The lowest BCUT2D eigenvalue weighted by Gasteiger charge is -2.27. The lowest BCUT2D eigenvalue weighted by molar-refractivity contribution is 0.172. The number of H-pyrrole nitrogens is 1. The van der Waals surface area contributed by atoms with E-state index >= 15 is 0 Å². The number of aromatic nitrogens is 2. The van der Waals surface area contributed by atoms with Crippen molar-refractivity contribution in [3.8, 4) is 5.75 Å². The number of pyridine rings is 1. The summed E-state index contributed by atoms with van der Waals surface area (Å²) in [6.45, 7) is 4.36. The highest BCUT2D eigenvalue weighted by Crippen LogP contribution is 2.36. The van der Waals surface area contributed by atoms with Crippen LogP contribution in [-0.4, -0.2) is 103 Å². The van der Waals surface area contributed by atoms with Crippen LogP contribution in [0.1, 0.15) is 12.1 Å². The maximum Gasteiger partial charge on any atom is 0.281 e. The van der Waals surface area contributed by atoms with E-state index in [1.165, 1.54) is 23.6 Å². The molecule has 5 rings (SSSR count). The molecule has 13 heteroatoms. The second kappa shape index (κ2) is 12.4. The summed E-state index contributed by atoms with van der Waals surface area (Å²) < 4.78 is 50.9. The quantitative estimate of drug-likeness (QED) is 0.339. The van der Waals surface area contributed by atoms with Gasteiger partial charge in [0.05, 0.1) is 30.0 Å². The summed E-state index contributed by atoms with van der Waals surface area (Å²) >= 11 is 1.73. The van der Waals surface area contributed by atoms with Gasteiger partial charge in [0, 0.05) is 92.0 Å². The van der Waals surface area contributed by atoms with Crippen molar-refractivity contribution in [2.45, 2.75) is 16.7 Å². The Morgan fingerprint density at radius 2 is 2.03 bits per heavy atom. The molecule has 10 nitrogen and oxygen atoms in total. The van der Waals surface area contributed by atoms with Crippen molar-refractivity contribution in [2.75, 3.05) is 69.4 Å². The average molecular weight is 592 g/mol. The van der Waals surface area contributed by atoms with Gasteiger partial charge in [0.15, 0.2) is 5.03 Å². The predicted octanol–water partition coefficient (Wildman–Crippen LogP) is 2.73. The molecule has 4 heterocycles.